The van der Waals surface area contributed by atoms with Gasteiger partial charge in [-0.05, 0) is 36.4 Å². The van der Waals surface area contributed by atoms with Crippen LogP contribution in [0.4, 0.5) is 10.1 Å². The van der Waals surface area contributed by atoms with Gasteiger partial charge in [-0.1, -0.05) is 12.1 Å². The molecule has 0 radical (unpaired) electrons. The van der Waals surface area contributed by atoms with E-state index in [1.807, 2.05) is 0 Å². The van der Waals surface area contributed by atoms with Crippen LogP contribution < -0.4 is 4.90 Å². The van der Waals surface area contributed by atoms with Gasteiger partial charge in [-0.15, -0.1) is 0 Å². The number of carbonyl (C=O) groups is 2. The van der Waals surface area contributed by atoms with Gasteiger partial charge in [-0.3, -0.25) is 19.4 Å². The fourth-order valence-electron chi connectivity index (χ4n) is 3.81. The molecule has 0 aliphatic carbocycles. The largest absolute Gasteiger partial charge is 0.390 e. The van der Waals surface area contributed by atoms with Gasteiger partial charge in [0, 0.05) is 38.4 Å². The highest BCUT2D eigenvalue weighted by molar-refractivity contribution is 6.21. The first-order valence-electron chi connectivity index (χ1n) is 9.39. The molecule has 28 heavy (non-hydrogen) atoms. The van der Waals surface area contributed by atoms with Crippen LogP contribution in [0.25, 0.3) is 0 Å². The fourth-order valence-corrected chi connectivity index (χ4v) is 3.81. The van der Waals surface area contributed by atoms with Crippen LogP contribution in [-0.4, -0.2) is 72.1 Å². The summed E-state index contributed by atoms with van der Waals surface area (Å²) in [6, 6.07) is 13.2. The lowest BCUT2D eigenvalue weighted by Gasteiger charge is -2.37. The first kappa shape index (κ1) is 18.6. The van der Waals surface area contributed by atoms with Crippen molar-refractivity contribution in [1.82, 2.24) is 9.80 Å². The fraction of sp³-hybridized carbons (Fsp3) is 0.333. The third-order valence-corrected chi connectivity index (χ3v) is 5.30. The minimum Gasteiger partial charge on any atom is -0.390 e. The van der Waals surface area contributed by atoms with Gasteiger partial charge >= 0.3 is 0 Å². The third kappa shape index (κ3) is 3.63. The Labute approximate surface area is 162 Å². The number of hydrogen-bond donors (Lipinski definition) is 1. The van der Waals surface area contributed by atoms with Crippen LogP contribution >= 0.6 is 0 Å². The highest BCUT2D eigenvalue weighted by atomic mass is 19.1. The highest BCUT2D eigenvalue weighted by Gasteiger charge is 2.36. The van der Waals surface area contributed by atoms with Crippen molar-refractivity contribution in [3.05, 3.63) is 65.5 Å². The molecule has 4 rings (SSSR count). The molecule has 0 saturated carbocycles. The molecule has 6 nitrogen and oxygen atoms in total. The van der Waals surface area contributed by atoms with Gasteiger partial charge < -0.3 is 10.0 Å². The minimum atomic E-state index is -0.806. The zero-order chi connectivity index (χ0) is 19.7. The van der Waals surface area contributed by atoms with E-state index in [0.29, 0.717) is 17.7 Å². The predicted molar refractivity (Wildman–Crippen MR) is 103 cm³/mol. The lowest BCUT2D eigenvalue weighted by Crippen LogP contribution is -2.50. The van der Waals surface area contributed by atoms with Gasteiger partial charge in [-0.2, -0.15) is 0 Å². The van der Waals surface area contributed by atoms with Crippen LogP contribution in [0.1, 0.15) is 20.7 Å². The number of carbonyl (C=O) groups excluding carboxylic acids is 2. The Hall–Kier alpha value is -2.77. The molecule has 0 spiro atoms. The third-order valence-electron chi connectivity index (χ3n) is 5.30. The molecule has 2 heterocycles. The average molecular weight is 383 g/mol. The van der Waals surface area contributed by atoms with E-state index in [-0.39, 0.29) is 24.2 Å². The maximum absolute atomic E-state index is 13.1. The van der Waals surface area contributed by atoms with E-state index in [0.717, 1.165) is 36.8 Å². The number of halogens is 1. The van der Waals surface area contributed by atoms with Gasteiger partial charge in [0.1, 0.15) is 5.82 Å². The number of amides is 2. The number of piperazine rings is 1. The molecule has 1 fully saturated rings. The maximum atomic E-state index is 13.1. The molecule has 146 valence electrons. The Morgan fingerprint density at radius 1 is 0.857 bits per heavy atom. The summed E-state index contributed by atoms with van der Waals surface area (Å²) in [5.41, 5.74) is 1.77. The molecule has 2 aliphatic rings. The molecular formula is C21H22FN3O3. The van der Waals surface area contributed by atoms with Crippen molar-refractivity contribution < 1.29 is 19.1 Å². The summed E-state index contributed by atoms with van der Waals surface area (Å²) in [6.07, 6.45) is -0.806. The van der Waals surface area contributed by atoms with E-state index in [1.54, 1.807) is 36.4 Å². The van der Waals surface area contributed by atoms with Crippen LogP contribution in [0.3, 0.4) is 0 Å². The van der Waals surface area contributed by atoms with Gasteiger partial charge in [0.25, 0.3) is 11.8 Å². The van der Waals surface area contributed by atoms with Gasteiger partial charge in [0.15, 0.2) is 0 Å². The van der Waals surface area contributed by atoms with Crippen LogP contribution in [-0.2, 0) is 0 Å². The lowest BCUT2D eigenvalue weighted by atomic mass is 10.1. The SMILES string of the molecule is O=C1c2ccccc2C(=O)N1CC(O)CN1CCN(c2ccc(F)cc2)CC1. The van der Waals surface area contributed by atoms with Gasteiger partial charge in [0.2, 0.25) is 0 Å². The van der Waals surface area contributed by atoms with E-state index in [1.165, 1.54) is 12.1 Å². The summed E-state index contributed by atoms with van der Waals surface area (Å²) in [6.45, 7) is 3.42. The Morgan fingerprint density at radius 2 is 1.43 bits per heavy atom. The average Bonchev–Trinajstić information content (AvgIpc) is 2.94. The second kappa shape index (κ2) is 7.69. The minimum absolute atomic E-state index is 0.00940. The highest BCUT2D eigenvalue weighted by Crippen LogP contribution is 2.23. The molecule has 1 unspecified atom stereocenters. The molecule has 2 amide bonds. The van der Waals surface area contributed by atoms with Crippen molar-refractivity contribution in [3.8, 4) is 0 Å². The van der Waals surface area contributed by atoms with Crippen LogP contribution in [0.2, 0.25) is 0 Å². The standard InChI is InChI=1S/C21H22FN3O3/c22-15-5-7-16(8-6-15)24-11-9-23(10-12-24)13-17(26)14-25-20(27)18-3-1-2-4-19(18)21(25)28/h1-8,17,26H,9-14H2. The summed E-state index contributed by atoms with van der Waals surface area (Å²) in [7, 11) is 0. The lowest BCUT2D eigenvalue weighted by molar-refractivity contribution is 0.0469. The quantitative estimate of drug-likeness (QED) is 0.795. The molecule has 2 aliphatic heterocycles. The van der Waals surface area contributed by atoms with Crippen molar-refractivity contribution in [1.29, 1.82) is 0 Å². The van der Waals surface area contributed by atoms with Crippen LogP contribution in [0.15, 0.2) is 48.5 Å². The summed E-state index contributed by atoms with van der Waals surface area (Å²) >= 11 is 0. The van der Waals surface area contributed by atoms with Crippen LogP contribution in [0, 0.1) is 5.82 Å². The first-order chi connectivity index (χ1) is 13.5. The second-order valence-corrected chi connectivity index (χ2v) is 7.18. The first-order valence-corrected chi connectivity index (χ1v) is 9.39. The number of aliphatic hydroxyl groups is 1. The number of fused-ring (bicyclic) bond motifs is 1. The van der Waals surface area contributed by atoms with Crippen molar-refractivity contribution in [2.24, 2.45) is 0 Å². The summed E-state index contributed by atoms with van der Waals surface area (Å²) in [4.78, 5) is 30.2. The van der Waals surface area contributed by atoms with Crippen molar-refractivity contribution in [2.75, 3.05) is 44.2 Å². The summed E-state index contributed by atoms with van der Waals surface area (Å²) in [5, 5.41) is 10.4. The number of rotatable bonds is 5. The molecule has 7 heteroatoms. The number of imide groups is 1. The van der Waals surface area contributed by atoms with Crippen LogP contribution in [0.5, 0.6) is 0 Å². The number of benzene rings is 2. The van der Waals surface area contributed by atoms with Gasteiger partial charge in [-0.25, -0.2) is 4.39 Å². The van der Waals surface area contributed by atoms with E-state index >= 15 is 0 Å². The molecule has 2 aromatic carbocycles. The predicted octanol–water partition coefficient (Wildman–Crippen LogP) is 1.60. The normalized spacial score (nSPS) is 18.5. The number of hydrogen-bond acceptors (Lipinski definition) is 5. The van der Waals surface area contributed by atoms with E-state index < -0.39 is 6.10 Å². The van der Waals surface area contributed by atoms with Crippen molar-refractivity contribution in [2.45, 2.75) is 6.10 Å². The van der Waals surface area contributed by atoms with E-state index in [9.17, 15) is 19.1 Å². The van der Waals surface area contributed by atoms with E-state index in [4.69, 9.17) is 0 Å². The topological polar surface area (TPSA) is 64.1 Å². The number of nitrogens with zero attached hydrogens (tertiary/aromatic N) is 3. The number of anilines is 1. The van der Waals surface area contributed by atoms with Crippen molar-refractivity contribution >= 4 is 17.5 Å². The monoisotopic (exact) mass is 383 g/mol. The number of β-amino-alcohol motifs (C(OH)–C–C–N with tert-alkyl or cyclic N) is 1. The molecule has 1 atom stereocenters. The molecular weight excluding hydrogens is 361 g/mol. The number of aliphatic hydroxyl groups excluding tert-OH is 1. The van der Waals surface area contributed by atoms with E-state index in [2.05, 4.69) is 9.80 Å². The molecule has 0 aromatic heterocycles. The summed E-state index contributed by atoms with van der Waals surface area (Å²) < 4.78 is 13.1. The Kier molecular flexibility index (Phi) is 5.11. The Bertz CT molecular complexity index is 844. The molecule has 2 aromatic rings. The molecule has 1 N–H and O–H groups in total. The zero-order valence-corrected chi connectivity index (χ0v) is 15.4. The molecule has 0 bridgehead atoms. The summed E-state index contributed by atoms with van der Waals surface area (Å²) in [5.74, 6) is -0.944. The molecule has 1 saturated heterocycles. The Balaban J connectivity index is 1.30. The maximum Gasteiger partial charge on any atom is 0.261 e. The smallest absolute Gasteiger partial charge is 0.261 e. The van der Waals surface area contributed by atoms with Gasteiger partial charge in [0.05, 0.1) is 23.8 Å². The second-order valence-electron chi connectivity index (χ2n) is 7.18. The zero-order valence-electron chi connectivity index (χ0n) is 15.4. The van der Waals surface area contributed by atoms with Crippen molar-refractivity contribution in [3.63, 3.8) is 0 Å². The Morgan fingerprint density at radius 3 is 2.00 bits per heavy atom.